The Kier molecular flexibility index (Phi) is 11.4. The van der Waals surface area contributed by atoms with Crippen molar-refractivity contribution in [3.8, 4) is 0 Å². The minimum absolute atomic E-state index is 0.206. The van der Waals surface area contributed by atoms with E-state index in [0.29, 0.717) is 11.7 Å². The third-order valence-corrected chi connectivity index (χ3v) is 7.43. The van der Waals surface area contributed by atoms with Crippen molar-refractivity contribution < 1.29 is 22.4 Å². The number of amides is 1. The number of hydrogen-bond donors (Lipinski definition) is 3. The van der Waals surface area contributed by atoms with Crippen LogP contribution in [0.1, 0.15) is 73.7 Å². The lowest BCUT2D eigenvalue weighted by molar-refractivity contribution is -0.137. The van der Waals surface area contributed by atoms with E-state index >= 15 is 0 Å². The number of hydrogen-bond acceptors (Lipinski definition) is 7. The summed E-state index contributed by atoms with van der Waals surface area (Å²) in [6, 6.07) is 3.39. The van der Waals surface area contributed by atoms with Crippen LogP contribution in [0, 0.1) is 17.7 Å². The molecule has 1 atom stereocenters. The molecule has 1 aromatic carbocycles. The number of carbonyl (C=O) groups excluding carboxylic acids is 1. The smallest absolute Gasteiger partial charge is 0.362 e. The number of nitrogens with zero attached hydrogens (tertiary/aromatic N) is 3. The first kappa shape index (κ1) is 32.1. The zero-order valence-corrected chi connectivity index (χ0v) is 24.6. The predicted octanol–water partition coefficient (Wildman–Crippen LogP) is 5.76. The van der Waals surface area contributed by atoms with Gasteiger partial charge in [0.15, 0.2) is 5.01 Å². The fourth-order valence-corrected chi connectivity index (χ4v) is 4.47. The molecule has 12 heteroatoms. The van der Waals surface area contributed by atoms with Gasteiger partial charge >= 0.3 is 6.18 Å². The molecular weight excluding hydrogens is 556 g/mol. The van der Waals surface area contributed by atoms with Gasteiger partial charge in [-0.2, -0.15) is 13.2 Å². The van der Waals surface area contributed by atoms with Crippen LogP contribution in [0.4, 0.5) is 29.1 Å². The normalized spacial score (nSPS) is 15.3. The Morgan fingerprint density at radius 2 is 1.90 bits per heavy atom. The Labute approximate surface area is 241 Å². The zero-order valence-electron chi connectivity index (χ0n) is 23.8. The largest absolute Gasteiger partial charge is 0.443 e. The molecule has 3 N–H and O–H groups in total. The minimum atomic E-state index is -4.63. The summed E-state index contributed by atoms with van der Waals surface area (Å²) in [7, 11) is 0. The van der Waals surface area contributed by atoms with Gasteiger partial charge in [0, 0.05) is 11.3 Å². The van der Waals surface area contributed by atoms with Gasteiger partial charge < -0.3 is 16.0 Å². The van der Waals surface area contributed by atoms with E-state index in [4.69, 9.17) is 0 Å². The van der Waals surface area contributed by atoms with Crippen LogP contribution in [0.5, 0.6) is 0 Å². The number of alkyl halides is 3. The molecule has 1 unspecified atom stereocenters. The van der Waals surface area contributed by atoms with Crippen LogP contribution in [0.2, 0.25) is 0 Å². The van der Waals surface area contributed by atoms with E-state index in [2.05, 4.69) is 51.7 Å². The Bertz CT molecular complexity index is 1430. The van der Waals surface area contributed by atoms with Crippen LogP contribution in [0.15, 0.2) is 30.6 Å². The van der Waals surface area contributed by atoms with Crippen molar-refractivity contribution in [2.75, 3.05) is 23.7 Å². The molecule has 0 radical (unpaired) electrons. The van der Waals surface area contributed by atoms with Crippen LogP contribution >= 0.6 is 11.3 Å². The lowest BCUT2D eigenvalue weighted by Crippen LogP contribution is -2.41. The van der Waals surface area contributed by atoms with E-state index in [1.165, 1.54) is 37.7 Å². The molecule has 0 spiro atoms. The average molecular weight is 593 g/mol. The highest BCUT2D eigenvalue weighted by atomic mass is 32.1. The summed E-state index contributed by atoms with van der Waals surface area (Å²) in [5.74, 6) is 0.632. The molecule has 7 nitrogen and oxygen atoms in total. The maximum absolute atomic E-state index is 14.6. The van der Waals surface area contributed by atoms with Gasteiger partial charge in [-0.1, -0.05) is 39.3 Å². The van der Waals surface area contributed by atoms with Gasteiger partial charge in [0.1, 0.15) is 16.5 Å². The van der Waals surface area contributed by atoms with Gasteiger partial charge in [0.25, 0.3) is 5.91 Å². The molecule has 2 aromatic heterocycles. The second-order valence-corrected chi connectivity index (χ2v) is 11.2. The van der Waals surface area contributed by atoms with Gasteiger partial charge in [-0.15, -0.1) is 11.3 Å². The first-order valence-electron chi connectivity index (χ1n) is 13.5. The Hall–Kier alpha value is -3.38. The van der Waals surface area contributed by atoms with Gasteiger partial charge in [0.05, 0.1) is 29.1 Å². The number of halogens is 4. The maximum Gasteiger partial charge on any atom is 0.443 e. The SMILES string of the molecule is C/C=c1/ncc(NC(C)c2cc(NC(=O)c3cnc(C(F)(F)F)s3)ccc2F)n/c1=C\CC(C)C.CCC1CNC1. The Balaban J connectivity index is 0.000000681. The number of rotatable bonds is 8. The Morgan fingerprint density at radius 3 is 2.44 bits per heavy atom. The van der Waals surface area contributed by atoms with E-state index < -0.39 is 29.0 Å². The van der Waals surface area contributed by atoms with Crippen molar-refractivity contribution in [2.24, 2.45) is 11.8 Å². The predicted molar refractivity (Wildman–Crippen MR) is 155 cm³/mol. The summed E-state index contributed by atoms with van der Waals surface area (Å²) < 4.78 is 52.9. The van der Waals surface area contributed by atoms with E-state index in [1.54, 1.807) is 13.1 Å². The third-order valence-electron chi connectivity index (χ3n) is 6.39. The minimum Gasteiger partial charge on any atom is -0.362 e. The van der Waals surface area contributed by atoms with Crippen LogP contribution < -0.4 is 26.6 Å². The maximum atomic E-state index is 14.6. The summed E-state index contributed by atoms with van der Waals surface area (Å²) in [4.78, 5) is 24.4. The Morgan fingerprint density at radius 1 is 1.17 bits per heavy atom. The van der Waals surface area contributed by atoms with Crippen molar-refractivity contribution in [3.05, 3.63) is 62.6 Å². The van der Waals surface area contributed by atoms with Gasteiger partial charge in [-0.3, -0.25) is 9.78 Å². The molecular formula is C29H36F4N6OS. The molecule has 3 aromatic rings. The second-order valence-electron chi connectivity index (χ2n) is 10.2. The summed E-state index contributed by atoms with van der Waals surface area (Å²) in [6.07, 6.45) is 3.84. The lowest BCUT2D eigenvalue weighted by atomic mass is 10.0. The average Bonchev–Trinajstić information content (AvgIpc) is 3.40. The van der Waals surface area contributed by atoms with Crippen LogP contribution in [0.3, 0.4) is 0 Å². The fourth-order valence-electron chi connectivity index (χ4n) is 3.80. The van der Waals surface area contributed by atoms with E-state index in [0.717, 1.165) is 29.2 Å². The van der Waals surface area contributed by atoms with Crippen LogP contribution in [0.25, 0.3) is 12.2 Å². The molecule has 1 amide bonds. The molecule has 1 fully saturated rings. The van der Waals surface area contributed by atoms with Crippen LogP contribution in [-0.4, -0.2) is 33.9 Å². The quantitative estimate of drug-likeness (QED) is 0.288. The highest BCUT2D eigenvalue weighted by Crippen LogP contribution is 2.33. The number of anilines is 2. The molecule has 222 valence electrons. The number of nitrogens with one attached hydrogen (secondary N) is 3. The zero-order chi connectivity index (χ0) is 30.2. The molecule has 1 aliphatic rings. The molecule has 1 saturated heterocycles. The van der Waals surface area contributed by atoms with Crippen molar-refractivity contribution in [2.45, 2.75) is 59.7 Å². The molecule has 0 saturated carbocycles. The number of thiazole rings is 1. The van der Waals surface area contributed by atoms with Crippen molar-refractivity contribution in [1.29, 1.82) is 0 Å². The lowest BCUT2D eigenvalue weighted by Gasteiger charge is -2.25. The highest BCUT2D eigenvalue weighted by molar-refractivity contribution is 7.13. The fraction of sp³-hybridized carbons (Fsp3) is 0.448. The molecule has 41 heavy (non-hydrogen) atoms. The van der Waals surface area contributed by atoms with Gasteiger partial charge in [-0.05, 0) is 63.4 Å². The molecule has 4 rings (SSSR count). The molecule has 0 aliphatic carbocycles. The van der Waals surface area contributed by atoms with Gasteiger partial charge in [-0.25, -0.2) is 14.4 Å². The molecule has 3 heterocycles. The monoisotopic (exact) mass is 592 g/mol. The standard InChI is InChI=1S/C24H25F4N5OS.C5H11N/c1-5-18-19(9-6-13(2)3)33-21(12-29-18)31-14(4)16-10-15(7-8-17(16)25)32-22(34)20-11-30-23(35-20)24(26,27)28;1-2-5-3-6-4-5/h5,7-14H,6H2,1-4H3,(H,31,33)(H,32,34);5-6H,2-4H2,1H3/b18-5+,19-9-;. The van der Waals surface area contributed by atoms with Crippen molar-refractivity contribution >= 4 is 40.9 Å². The summed E-state index contributed by atoms with van der Waals surface area (Å²) in [6.45, 7) is 12.6. The van der Waals surface area contributed by atoms with E-state index in [-0.39, 0.29) is 27.5 Å². The number of benzene rings is 1. The first-order valence-corrected chi connectivity index (χ1v) is 14.3. The van der Waals surface area contributed by atoms with Crippen molar-refractivity contribution in [1.82, 2.24) is 20.3 Å². The van der Waals surface area contributed by atoms with Crippen LogP contribution in [-0.2, 0) is 6.18 Å². The van der Waals surface area contributed by atoms with E-state index in [1.807, 2.05) is 19.1 Å². The van der Waals surface area contributed by atoms with E-state index in [9.17, 15) is 22.4 Å². The van der Waals surface area contributed by atoms with Gasteiger partial charge in [0.2, 0.25) is 0 Å². The molecule has 1 aliphatic heterocycles. The first-order chi connectivity index (χ1) is 19.4. The third kappa shape index (κ3) is 9.32. The summed E-state index contributed by atoms with van der Waals surface area (Å²) in [5.41, 5.74) is 0.471. The second kappa shape index (κ2) is 14.5. The summed E-state index contributed by atoms with van der Waals surface area (Å²) in [5, 5.41) is 9.18. The summed E-state index contributed by atoms with van der Waals surface area (Å²) >= 11 is 0.237. The highest BCUT2D eigenvalue weighted by Gasteiger charge is 2.35. The molecule has 0 bridgehead atoms. The number of aromatic nitrogens is 3. The van der Waals surface area contributed by atoms with Crippen molar-refractivity contribution in [3.63, 3.8) is 0 Å². The number of carbonyl (C=O) groups is 1. The topological polar surface area (TPSA) is 91.8 Å².